The Labute approximate surface area is 204 Å². The van der Waals surface area contributed by atoms with Crippen LogP contribution >= 0.6 is 0 Å². The second kappa shape index (κ2) is 8.87. The Morgan fingerprint density at radius 1 is 0.412 bits per heavy atom. The minimum atomic E-state index is -0.490. The Balaban J connectivity index is 2.01. The highest BCUT2D eigenvalue weighted by atomic mass is 19.1. The second-order valence-corrected chi connectivity index (χ2v) is 10.9. The molecule has 0 radical (unpaired) electrons. The van der Waals surface area contributed by atoms with E-state index in [0.29, 0.717) is 0 Å². The molecule has 0 fully saturated rings. The average Bonchev–Trinajstić information content (AvgIpc) is 2.85. The molecule has 0 heterocycles. The maximum Gasteiger partial charge on any atom is 0.131 e. The quantitative estimate of drug-likeness (QED) is 0.275. The molecule has 0 bridgehead atoms. The molecule has 4 rings (SSSR count). The van der Waals surface area contributed by atoms with Crippen molar-refractivity contribution in [1.29, 1.82) is 0 Å². The summed E-state index contributed by atoms with van der Waals surface area (Å²) < 4.78 is 16.6. The normalized spacial score (nSPS) is 12.6. The standard InChI is InChI=1S/C33H35F/c1-31(2,24-16-10-7-11-17-24)27-22-28(32(3,4)25-18-12-8-13-19-25)30(34)29(23-27)33(5,6)26-20-14-9-15-21-26/h7-23H,1-6H3. The maximum atomic E-state index is 16.6. The van der Waals surface area contributed by atoms with Crippen LogP contribution in [-0.4, -0.2) is 0 Å². The van der Waals surface area contributed by atoms with Gasteiger partial charge in [-0.15, -0.1) is 0 Å². The molecule has 174 valence electrons. The van der Waals surface area contributed by atoms with Crippen molar-refractivity contribution in [2.24, 2.45) is 0 Å². The van der Waals surface area contributed by atoms with Crippen molar-refractivity contribution in [2.75, 3.05) is 0 Å². The summed E-state index contributed by atoms with van der Waals surface area (Å²) in [5.74, 6) is -0.115. The Hall–Kier alpha value is -3.19. The van der Waals surface area contributed by atoms with Crippen LogP contribution in [0.25, 0.3) is 0 Å². The van der Waals surface area contributed by atoms with Crippen molar-refractivity contribution in [2.45, 2.75) is 57.8 Å². The fraction of sp³-hybridized carbons (Fsp3) is 0.273. The van der Waals surface area contributed by atoms with E-state index in [0.717, 1.165) is 27.8 Å². The van der Waals surface area contributed by atoms with Crippen molar-refractivity contribution in [1.82, 2.24) is 0 Å². The lowest BCUT2D eigenvalue weighted by Crippen LogP contribution is -2.29. The van der Waals surface area contributed by atoms with Gasteiger partial charge in [0, 0.05) is 16.2 Å². The largest absolute Gasteiger partial charge is 0.206 e. The minimum absolute atomic E-state index is 0.115. The van der Waals surface area contributed by atoms with E-state index in [2.05, 4.69) is 102 Å². The molecule has 1 heteroatoms. The smallest absolute Gasteiger partial charge is 0.131 e. The highest BCUT2D eigenvalue weighted by Crippen LogP contribution is 2.43. The van der Waals surface area contributed by atoms with Crippen LogP contribution in [0.15, 0.2) is 103 Å². The molecule has 0 spiro atoms. The molecule has 0 unspecified atom stereocenters. The SMILES string of the molecule is CC(C)(c1ccccc1)c1cc(C(C)(C)c2ccccc2)c(F)c(C(C)(C)c2ccccc2)c1. The van der Waals surface area contributed by atoms with Gasteiger partial charge in [0.15, 0.2) is 0 Å². The molecule has 4 aromatic rings. The number of halogens is 1. The molecule has 0 aromatic heterocycles. The van der Waals surface area contributed by atoms with Crippen LogP contribution in [0.1, 0.15) is 74.9 Å². The van der Waals surface area contributed by atoms with Crippen molar-refractivity contribution >= 4 is 0 Å². The van der Waals surface area contributed by atoms with Gasteiger partial charge in [0.25, 0.3) is 0 Å². The van der Waals surface area contributed by atoms with Crippen molar-refractivity contribution in [3.8, 4) is 0 Å². The summed E-state index contributed by atoms with van der Waals surface area (Å²) >= 11 is 0. The van der Waals surface area contributed by atoms with Crippen LogP contribution in [0.2, 0.25) is 0 Å². The molecular formula is C33H35F. The fourth-order valence-electron chi connectivity index (χ4n) is 4.94. The zero-order valence-corrected chi connectivity index (χ0v) is 21.2. The molecule has 0 N–H and O–H groups in total. The molecule has 0 aliphatic rings. The fourth-order valence-corrected chi connectivity index (χ4v) is 4.94. The highest BCUT2D eigenvalue weighted by Gasteiger charge is 2.36. The topological polar surface area (TPSA) is 0 Å². The van der Waals surface area contributed by atoms with Gasteiger partial charge in [-0.25, -0.2) is 4.39 Å². The van der Waals surface area contributed by atoms with Crippen LogP contribution < -0.4 is 0 Å². The third-order valence-corrected chi connectivity index (χ3v) is 7.63. The summed E-state index contributed by atoms with van der Waals surface area (Å²) in [5.41, 5.74) is 4.76. The second-order valence-electron chi connectivity index (χ2n) is 10.9. The minimum Gasteiger partial charge on any atom is -0.206 e. The first-order valence-corrected chi connectivity index (χ1v) is 12.1. The van der Waals surface area contributed by atoms with Gasteiger partial charge in [0.1, 0.15) is 5.82 Å². The molecule has 0 saturated heterocycles. The number of hydrogen-bond donors (Lipinski definition) is 0. The first-order chi connectivity index (χ1) is 16.1. The Kier molecular flexibility index (Phi) is 6.25. The Bertz CT molecular complexity index is 1180. The molecule has 0 aliphatic carbocycles. The van der Waals surface area contributed by atoms with Gasteiger partial charge in [0.05, 0.1) is 0 Å². The first-order valence-electron chi connectivity index (χ1n) is 12.1. The number of hydrogen-bond acceptors (Lipinski definition) is 0. The van der Waals surface area contributed by atoms with E-state index in [9.17, 15) is 0 Å². The molecule has 4 aromatic carbocycles. The van der Waals surface area contributed by atoms with Gasteiger partial charge in [-0.1, -0.05) is 145 Å². The van der Waals surface area contributed by atoms with E-state index in [4.69, 9.17) is 0 Å². The summed E-state index contributed by atoms with van der Waals surface area (Å²) in [4.78, 5) is 0. The van der Waals surface area contributed by atoms with Crippen molar-refractivity contribution in [3.05, 3.63) is 142 Å². The molecule has 0 aliphatic heterocycles. The lowest BCUT2D eigenvalue weighted by molar-refractivity contribution is 0.501. The third-order valence-electron chi connectivity index (χ3n) is 7.63. The van der Waals surface area contributed by atoms with E-state index in [-0.39, 0.29) is 11.2 Å². The highest BCUT2D eigenvalue weighted by molar-refractivity contribution is 5.51. The van der Waals surface area contributed by atoms with E-state index in [1.54, 1.807) is 0 Å². The van der Waals surface area contributed by atoms with E-state index < -0.39 is 10.8 Å². The lowest BCUT2D eigenvalue weighted by atomic mass is 9.69. The van der Waals surface area contributed by atoms with Gasteiger partial charge in [-0.2, -0.15) is 0 Å². The van der Waals surface area contributed by atoms with Gasteiger partial charge < -0.3 is 0 Å². The zero-order chi connectivity index (χ0) is 24.6. The average molecular weight is 451 g/mol. The molecule has 0 atom stereocenters. The van der Waals surface area contributed by atoms with Crippen LogP contribution in [0.4, 0.5) is 4.39 Å². The summed E-state index contributed by atoms with van der Waals surface area (Å²) in [6.45, 7) is 13.0. The molecule has 0 saturated carbocycles. The summed E-state index contributed by atoms with van der Waals surface area (Å²) in [5, 5.41) is 0. The van der Waals surface area contributed by atoms with E-state index in [1.807, 2.05) is 42.5 Å². The van der Waals surface area contributed by atoms with Gasteiger partial charge in [-0.3, -0.25) is 0 Å². The van der Waals surface area contributed by atoms with Crippen LogP contribution in [0.5, 0.6) is 0 Å². The van der Waals surface area contributed by atoms with Gasteiger partial charge in [0.2, 0.25) is 0 Å². The predicted octanol–water partition coefficient (Wildman–Crippen LogP) is 8.80. The summed E-state index contributed by atoms with van der Waals surface area (Å²) in [6.07, 6.45) is 0. The van der Waals surface area contributed by atoms with Gasteiger partial charge >= 0.3 is 0 Å². The first kappa shape index (κ1) is 24.0. The Morgan fingerprint density at radius 2 is 0.706 bits per heavy atom. The van der Waals surface area contributed by atoms with E-state index >= 15 is 4.39 Å². The monoisotopic (exact) mass is 450 g/mol. The molecule has 0 amide bonds. The van der Waals surface area contributed by atoms with Gasteiger partial charge in [-0.05, 0) is 33.4 Å². The molecule has 34 heavy (non-hydrogen) atoms. The lowest BCUT2D eigenvalue weighted by Gasteiger charge is -2.35. The van der Waals surface area contributed by atoms with Crippen molar-refractivity contribution in [3.63, 3.8) is 0 Å². The van der Waals surface area contributed by atoms with Crippen LogP contribution in [0, 0.1) is 5.82 Å². The van der Waals surface area contributed by atoms with Crippen LogP contribution in [0.3, 0.4) is 0 Å². The zero-order valence-electron chi connectivity index (χ0n) is 21.2. The van der Waals surface area contributed by atoms with E-state index in [1.165, 1.54) is 5.56 Å². The molecular weight excluding hydrogens is 415 g/mol. The number of rotatable bonds is 6. The maximum absolute atomic E-state index is 16.6. The molecule has 0 nitrogen and oxygen atoms in total. The third kappa shape index (κ3) is 4.20. The van der Waals surface area contributed by atoms with Crippen molar-refractivity contribution < 1.29 is 4.39 Å². The summed E-state index contributed by atoms with van der Waals surface area (Å²) in [6, 6.07) is 35.2. The van der Waals surface area contributed by atoms with Crippen LogP contribution in [-0.2, 0) is 16.2 Å². The Morgan fingerprint density at radius 3 is 1.03 bits per heavy atom. The predicted molar refractivity (Wildman–Crippen MR) is 142 cm³/mol. The summed E-state index contributed by atoms with van der Waals surface area (Å²) in [7, 11) is 0. The number of benzene rings is 4.